The van der Waals surface area contributed by atoms with E-state index in [0.717, 1.165) is 6.54 Å². The molecule has 0 spiro atoms. The van der Waals surface area contributed by atoms with Crippen LogP contribution in [0.4, 0.5) is 4.39 Å². The van der Waals surface area contributed by atoms with Crippen LogP contribution in [0.25, 0.3) is 0 Å². The van der Waals surface area contributed by atoms with E-state index in [2.05, 4.69) is 4.90 Å². The van der Waals surface area contributed by atoms with Crippen LogP contribution in [0.15, 0.2) is 18.2 Å². The SMILES string of the molecule is CC1CN(C(=O)c2c(F)cccc2Cl)CCN1C. The summed E-state index contributed by atoms with van der Waals surface area (Å²) in [6, 6.07) is 4.57. The molecule has 18 heavy (non-hydrogen) atoms. The summed E-state index contributed by atoms with van der Waals surface area (Å²) < 4.78 is 13.7. The Hall–Kier alpha value is -1.13. The molecule has 1 atom stereocenters. The smallest absolute Gasteiger partial charge is 0.258 e. The maximum atomic E-state index is 13.7. The molecule has 1 aromatic rings. The second kappa shape index (κ2) is 5.24. The predicted molar refractivity (Wildman–Crippen MR) is 69.4 cm³/mol. The van der Waals surface area contributed by atoms with Crippen molar-refractivity contribution in [3.05, 3.63) is 34.6 Å². The number of likely N-dealkylation sites (N-methyl/N-ethyl adjacent to an activating group) is 1. The highest BCUT2D eigenvalue weighted by atomic mass is 35.5. The summed E-state index contributed by atoms with van der Waals surface area (Å²) in [6.07, 6.45) is 0. The topological polar surface area (TPSA) is 23.6 Å². The maximum absolute atomic E-state index is 13.7. The van der Waals surface area contributed by atoms with Crippen molar-refractivity contribution >= 4 is 17.5 Å². The summed E-state index contributed by atoms with van der Waals surface area (Å²) in [4.78, 5) is 16.1. The average Bonchev–Trinajstić information content (AvgIpc) is 2.32. The first-order valence-corrected chi connectivity index (χ1v) is 6.32. The summed E-state index contributed by atoms with van der Waals surface area (Å²) in [5, 5.41) is 0.173. The standard InChI is InChI=1S/C13H16ClFN2O/c1-9-8-17(7-6-16(9)2)13(18)12-10(14)4-3-5-11(12)15/h3-5,9H,6-8H2,1-2H3. The molecule has 1 aliphatic heterocycles. The zero-order valence-corrected chi connectivity index (χ0v) is 11.2. The van der Waals surface area contributed by atoms with E-state index in [4.69, 9.17) is 11.6 Å². The van der Waals surface area contributed by atoms with Crippen LogP contribution in [0.5, 0.6) is 0 Å². The zero-order chi connectivity index (χ0) is 13.3. The molecular weight excluding hydrogens is 255 g/mol. The van der Waals surface area contributed by atoms with Crippen molar-refractivity contribution in [1.29, 1.82) is 0 Å². The second-order valence-electron chi connectivity index (χ2n) is 4.68. The zero-order valence-electron chi connectivity index (χ0n) is 10.5. The molecule has 0 aromatic heterocycles. The minimum Gasteiger partial charge on any atom is -0.336 e. The molecule has 1 amide bonds. The van der Waals surface area contributed by atoms with Gasteiger partial charge in [0, 0.05) is 25.7 Å². The largest absolute Gasteiger partial charge is 0.336 e. The Kier molecular flexibility index (Phi) is 3.88. The van der Waals surface area contributed by atoms with E-state index < -0.39 is 5.82 Å². The Balaban J connectivity index is 2.22. The van der Waals surface area contributed by atoms with Crippen LogP contribution >= 0.6 is 11.6 Å². The van der Waals surface area contributed by atoms with Gasteiger partial charge >= 0.3 is 0 Å². The lowest BCUT2D eigenvalue weighted by Gasteiger charge is -2.37. The average molecular weight is 271 g/mol. The summed E-state index contributed by atoms with van der Waals surface area (Å²) in [7, 11) is 2.02. The number of amides is 1. The number of carbonyl (C=O) groups excluding carboxylic acids is 1. The van der Waals surface area contributed by atoms with Crippen molar-refractivity contribution in [2.24, 2.45) is 0 Å². The molecule has 1 saturated heterocycles. The van der Waals surface area contributed by atoms with Gasteiger partial charge in [-0.2, -0.15) is 0 Å². The first kappa shape index (κ1) is 13.3. The number of nitrogens with zero attached hydrogens (tertiary/aromatic N) is 2. The van der Waals surface area contributed by atoms with Gasteiger partial charge in [-0.3, -0.25) is 4.79 Å². The molecule has 1 aromatic carbocycles. The number of piperazine rings is 1. The van der Waals surface area contributed by atoms with Crippen LogP contribution in [-0.2, 0) is 0 Å². The Morgan fingerprint density at radius 1 is 1.44 bits per heavy atom. The number of carbonyl (C=O) groups is 1. The third kappa shape index (κ3) is 2.49. The van der Waals surface area contributed by atoms with Crippen LogP contribution in [0, 0.1) is 5.82 Å². The lowest BCUT2D eigenvalue weighted by Crippen LogP contribution is -2.52. The van der Waals surface area contributed by atoms with Crippen molar-refractivity contribution in [2.45, 2.75) is 13.0 Å². The quantitative estimate of drug-likeness (QED) is 0.782. The van der Waals surface area contributed by atoms with Crippen LogP contribution in [-0.4, -0.2) is 48.4 Å². The Morgan fingerprint density at radius 2 is 2.17 bits per heavy atom. The molecule has 0 saturated carbocycles. The van der Waals surface area contributed by atoms with Gasteiger partial charge in [-0.25, -0.2) is 4.39 Å². The number of halogens is 2. The number of rotatable bonds is 1. The van der Waals surface area contributed by atoms with Gasteiger partial charge in [0.2, 0.25) is 0 Å². The molecule has 98 valence electrons. The van der Waals surface area contributed by atoms with Gasteiger partial charge in [-0.15, -0.1) is 0 Å². The molecule has 2 rings (SSSR count). The van der Waals surface area contributed by atoms with Crippen LogP contribution in [0.3, 0.4) is 0 Å². The molecule has 1 aliphatic rings. The van der Waals surface area contributed by atoms with Crippen LogP contribution in [0.2, 0.25) is 5.02 Å². The van der Waals surface area contributed by atoms with Gasteiger partial charge < -0.3 is 9.80 Å². The molecule has 1 unspecified atom stereocenters. The lowest BCUT2D eigenvalue weighted by molar-refractivity contribution is 0.0568. The van der Waals surface area contributed by atoms with Gasteiger partial charge in [-0.1, -0.05) is 17.7 Å². The Bertz CT molecular complexity index is 446. The van der Waals surface area contributed by atoms with E-state index in [1.54, 1.807) is 4.90 Å². The van der Waals surface area contributed by atoms with Gasteiger partial charge in [0.25, 0.3) is 5.91 Å². The van der Waals surface area contributed by atoms with Crippen LogP contribution < -0.4 is 0 Å². The van der Waals surface area contributed by atoms with Crippen molar-refractivity contribution in [3.8, 4) is 0 Å². The third-order valence-corrected chi connectivity index (χ3v) is 3.74. The first-order chi connectivity index (χ1) is 8.50. The molecule has 5 heteroatoms. The molecule has 0 aliphatic carbocycles. The summed E-state index contributed by atoms with van der Waals surface area (Å²) in [5.74, 6) is -0.878. The highest BCUT2D eigenvalue weighted by molar-refractivity contribution is 6.33. The predicted octanol–water partition coefficient (Wildman–Crippen LogP) is 2.26. The minimum atomic E-state index is -0.556. The Morgan fingerprint density at radius 3 is 2.78 bits per heavy atom. The van der Waals surface area contributed by atoms with E-state index in [1.165, 1.54) is 18.2 Å². The van der Waals surface area contributed by atoms with Crippen molar-refractivity contribution in [1.82, 2.24) is 9.80 Å². The monoisotopic (exact) mass is 270 g/mol. The van der Waals surface area contributed by atoms with E-state index in [0.29, 0.717) is 13.1 Å². The number of hydrogen-bond acceptors (Lipinski definition) is 2. The fraction of sp³-hybridized carbons (Fsp3) is 0.462. The van der Waals surface area contributed by atoms with E-state index in [1.807, 2.05) is 14.0 Å². The summed E-state index contributed by atoms with van der Waals surface area (Å²) in [5.41, 5.74) is -0.0177. The van der Waals surface area contributed by atoms with E-state index in [-0.39, 0.29) is 22.5 Å². The van der Waals surface area contributed by atoms with Gasteiger partial charge in [0.05, 0.1) is 10.6 Å². The van der Waals surface area contributed by atoms with Gasteiger partial charge in [0.1, 0.15) is 5.82 Å². The molecule has 1 fully saturated rings. The van der Waals surface area contributed by atoms with Crippen molar-refractivity contribution < 1.29 is 9.18 Å². The molecule has 0 N–H and O–H groups in total. The normalized spacial score (nSPS) is 21.1. The molecule has 3 nitrogen and oxygen atoms in total. The molecule has 0 radical (unpaired) electrons. The third-order valence-electron chi connectivity index (χ3n) is 3.42. The molecule has 1 heterocycles. The summed E-state index contributed by atoms with van der Waals surface area (Å²) >= 11 is 5.91. The van der Waals surface area contributed by atoms with E-state index in [9.17, 15) is 9.18 Å². The van der Waals surface area contributed by atoms with Crippen molar-refractivity contribution in [3.63, 3.8) is 0 Å². The number of hydrogen-bond donors (Lipinski definition) is 0. The Labute approximate surface area is 111 Å². The second-order valence-corrected chi connectivity index (χ2v) is 5.08. The minimum absolute atomic E-state index is 0.0177. The fourth-order valence-electron chi connectivity index (χ4n) is 2.09. The number of benzene rings is 1. The van der Waals surface area contributed by atoms with Crippen molar-refractivity contribution in [2.75, 3.05) is 26.7 Å². The molecular formula is C13H16ClFN2O. The highest BCUT2D eigenvalue weighted by Gasteiger charge is 2.27. The lowest BCUT2D eigenvalue weighted by atomic mass is 10.1. The van der Waals surface area contributed by atoms with Gasteiger partial charge in [0.15, 0.2) is 0 Å². The van der Waals surface area contributed by atoms with E-state index >= 15 is 0 Å². The maximum Gasteiger partial charge on any atom is 0.258 e. The summed E-state index contributed by atoms with van der Waals surface area (Å²) in [6.45, 7) is 4.03. The van der Waals surface area contributed by atoms with Crippen LogP contribution in [0.1, 0.15) is 17.3 Å². The molecule has 0 bridgehead atoms. The highest BCUT2D eigenvalue weighted by Crippen LogP contribution is 2.22. The van der Waals surface area contributed by atoms with Gasteiger partial charge in [-0.05, 0) is 26.1 Å². The first-order valence-electron chi connectivity index (χ1n) is 5.94. The fourth-order valence-corrected chi connectivity index (χ4v) is 2.34.